The Morgan fingerprint density at radius 3 is 2.42 bits per heavy atom. The van der Waals surface area contributed by atoms with Crippen molar-refractivity contribution in [1.82, 2.24) is 10.6 Å². The summed E-state index contributed by atoms with van der Waals surface area (Å²) in [6.07, 6.45) is 4.10. The lowest BCUT2D eigenvalue weighted by molar-refractivity contribution is 0.0976. The van der Waals surface area contributed by atoms with Crippen LogP contribution in [0.25, 0.3) is 0 Å². The number of thiocarbonyl (C=S) groups is 1. The van der Waals surface area contributed by atoms with Crippen LogP contribution >= 0.6 is 12.2 Å². The Balaban J connectivity index is 1.87. The SMILES string of the molecule is CCCCOc1cccc(C(=O)NC(=S)NCc2ccc(OCCCC)c(OC)c2)c1. The molecule has 1 amide bonds. The number of methoxy groups -OCH3 is 1. The quantitative estimate of drug-likeness (QED) is 0.360. The van der Waals surface area contributed by atoms with Crippen LogP contribution in [-0.2, 0) is 6.54 Å². The van der Waals surface area contributed by atoms with Crippen molar-refractivity contribution >= 4 is 23.2 Å². The van der Waals surface area contributed by atoms with Crippen LogP contribution in [0.3, 0.4) is 0 Å². The van der Waals surface area contributed by atoms with E-state index in [4.69, 9.17) is 26.4 Å². The maximum Gasteiger partial charge on any atom is 0.257 e. The predicted octanol–water partition coefficient (Wildman–Crippen LogP) is 4.86. The number of carbonyl (C=O) groups excluding carboxylic acids is 1. The second-order valence-corrected chi connectivity index (χ2v) is 7.46. The Hall–Kier alpha value is -2.80. The molecule has 2 N–H and O–H groups in total. The van der Waals surface area contributed by atoms with Gasteiger partial charge in [-0.05, 0) is 61.0 Å². The highest BCUT2D eigenvalue weighted by atomic mass is 32.1. The molecule has 0 aliphatic carbocycles. The molecule has 0 unspecified atom stereocenters. The van der Waals surface area contributed by atoms with Crippen LogP contribution in [0.1, 0.15) is 55.5 Å². The largest absolute Gasteiger partial charge is 0.494 e. The Labute approximate surface area is 190 Å². The molecule has 2 rings (SSSR count). The molecule has 31 heavy (non-hydrogen) atoms. The van der Waals surface area contributed by atoms with Crippen molar-refractivity contribution in [3.05, 3.63) is 53.6 Å². The number of benzene rings is 2. The first-order valence-corrected chi connectivity index (χ1v) is 11.1. The number of hydrogen-bond donors (Lipinski definition) is 2. The third-order valence-corrected chi connectivity index (χ3v) is 4.77. The molecular weight excluding hydrogens is 412 g/mol. The van der Waals surface area contributed by atoms with E-state index in [1.165, 1.54) is 0 Å². The van der Waals surface area contributed by atoms with Crippen LogP contribution in [0.4, 0.5) is 0 Å². The van der Waals surface area contributed by atoms with Crippen molar-refractivity contribution in [3.8, 4) is 17.2 Å². The molecule has 2 aromatic carbocycles. The van der Waals surface area contributed by atoms with Crippen molar-refractivity contribution < 1.29 is 19.0 Å². The minimum absolute atomic E-state index is 0.254. The van der Waals surface area contributed by atoms with Gasteiger partial charge in [-0.3, -0.25) is 10.1 Å². The zero-order valence-electron chi connectivity index (χ0n) is 18.5. The number of carbonyl (C=O) groups is 1. The second kappa shape index (κ2) is 13.5. The molecule has 0 saturated carbocycles. The smallest absolute Gasteiger partial charge is 0.257 e. The molecule has 0 heterocycles. The van der Waals surface area contributed by atoms with Gasteiger partial charge in [-0.1, -0.05) is 38.8 Å². The van der Waals surface area contributed by atoms with Gasteiger partial charge in [0, 0.05) is 12.1 Å². The van der Waals surface area contributed by atoms with Gasteiger partial charge in [-0.2, -0.15) is 0 Å². The third-order valence-electron chi connectivity index (χ3n) is 4.53. The Morgan fingerprint density at radius 1 is 0.968 bits per heavy atom. The molecular formula is C24H32N2O4S. The second-order valence-electron chi connectivity index (χ2n) is 7.05. The highest BCUT2D eigenvalue weighted by molar-refractivity contribution is 7.80. The summed E-state index contributed by atoms with van der Waals surface area (Å²) >= 11 is 5.28. The molecule has 6 nitrogen and oxygen atoms in total. The van der Waals surface area contributed by atoms with Crippen LogP contribution in [0.15, 0.2) is 42.5 Å². The fourth-order valence-electron chi connectivity index (χ4n) is 2.73. The number of hydrogen-bond acceptors (Lipinski definition) is 5. The van der Waals surface area contributed by atoms with Gasteiger partial charge in [-0.15, -0.1) is 0 Å². The van der Waals surface area contributed by atoms with Crippen molar-refractivity contribution in [3.63, 3.8) is 0 Å². The maximum absolute atomic E-state index is 12.5. The molecule has 0 aliphatic rings. The van der Waals surface area contributed by atoms with Crippen LogP contribution < -0.4 is 24.8 Å². The lowest BCUT2D eigenvalue weighted by Crippen LogP contribution is -2.38. The topological polar surface area (TPSA) is 68.8 Å². The molecule has 0 aliphatic heterocycles. The summed E-state index contributed by atoms with van der Waals surface area (Å²) in [7, 11) is 1.62. The van der Waals surface area contributed by atoms with Gasteiger partial charge in [0.1, 0.15) is 5.75 Å². The van der Waals surface area contributed by atoms with Gasteiger partial charge in [-0.25, -0.2) is 0 Å². The van der Waals surface area contributed by atoms with E-state index < -0.39 is 0 Å². The van der Waals surface area contributed by atoms with E-state index in [2.05, 4.69) is 24.5 Å². The van der Waals surface area contributed by atoms with Crippen molar-refractivity contribution in [2.75, 3.05) is 20.3 Å². The average molecular weight is 445 g/mol. The zero-order valence-corrected chi connectivity index (χ0v) is 19.3. The molecule has 0 aromatic heterocycles. The number of rotatable bonds is 12. The molecule has 2 aromatic rings. The summed E-state index contributed by atoms with van der Waals surface area (Å²) in [5.41, 5.74) is 1.45. The van der Waals surface area contributed by atoms with Gasteiger partial charge >= 0.3 is 0 Å². The third kappa shape index (κ3) is 8.45. The molecule has 168 valence electrons. The van der Waals surface area contributed by atoms with Gasteiger partial charge in [0.15, 0.2) is 16.6 Å². The number of ether oxygens (including phenoxy) is 3. The first kappa shape index (κ1) is 24.5. The predicted molar refractivity (Wildman–Crippen MR) is 127 cm³/mol. The van der Waals surface area contributed by atoms with E-state index in [0.29, 0.717) is 36.8 Å². The van der Waals surface area contributed by atoms with Crippen molar-refractivity contribution in [2.24, 2.45) is 0 Å². The highest BCUT2D eigenvalue weighted by Crippen LogP contribution is 2.28. The minimum atomic E-state index is -0.282. The molecule has 0 spiro atoms. The molecule has 0 bridgehead atoms. The van der Waals surface area contributed by atoms with Gasteiger partial charge < -0.3 is 19.5 Å². The van der Waals surface area contributed by atoms with Crippen LogP contribution in [-0.4, -0.2) is 31.3 Å². The summed E-state index contributed by atoms with van der Waals surface area (Å²) in [6.45, 7) is 5.96. The standard InChI is InChI=1S/C24H32N2O4S/c1-4-6-13-29-20-10-8-9-19(16-20)23(27)26-24(31)25-17-18-11-12-21(22(15-18)28-3)30-14-7-5-2/h8-12,15-16H,4-7,13-14,17H2,1-3H3,(H2,25,26,27,31). The first-order chi connectivity index (χ1) is 15.1. The number of nitrogens with one attached hydrogen (secondary N) is 2. The number of unbranched alkanes of at least 4 members (excludes halogenated alkanes) is 2. The molecule has 0 atom stereocenters. The first-order valence-electron chi connectivity index (χ1n) is 10.7. The highest BCUT2D eigenvalue weighted by Gasteiger charge is 2.10. The Bertz CT molecular complexity index is 857. The fourth-order valence-corrected chi connectivity index (χ4v) is 2.90. The van der Waals surface area contributed by atoms with Crippen LogP contribution in [0.5, 0.6) is 17.2 Å². The fraction of sp³-hybridized carbons (Fsp3) is 0.417. The summed E-state index contributed by atoms with van der Waals surface area (Å²) in [6, 6.07) is 12.8. The molecule has 0 radical (unpaired) electrons. The lowest BCUT2D eigenvalue weighted by Gasteiger charge is -2.13. The van der Waals surface area contributed by atoms with E-state index in [9.17, 15) is 4.79 Å². The summed E-state index contributed by atoms with van der Waals surface area (Å²) in [5.74, 6) is 1.78. The van der Waals surface area contributed by atoms with Crippen molar-refractivity contribution in [1.29, 1.82) is 0 Å². The van der Waals surface area contributed by atoms with E-state index in [0.717, 1.165) is 37.0 Å². The van der Waals surface area contributed by atoms with E-state index in [-0.39, 0.29) is 11.0 Å². The van der Waals surface area contributed by atoms with Crippen LogP contribution in [0.2, 0.25) is 0 Å². The molecule has 0 fully saturated rings. The van der Waals surface area contributed by atoms with Crippen LogP contribution in [0, 0.1) is 0 Å². The van der Waals surface area contributed by atoms with Gasteiger partial charge in [0.2, 0.25) is 0 Å². The Kier molecular flexibility index (Phi) is 10.6. The molecule has 7 heteroatoms. The summed E-state index contributed by atoms with van der Waals surface area (Å²) in [4.78, 5) is 12.5. The summed E-state index contributed by atoms with van der Waals surface area (Å²) < 4.78 is 16.8. The average Bonchev–Trinajstić information content (AvgIpc) is 2.78. The Morgan fingerprint density at radius 2 is 1.71 bits per heavy atom. The lowest BCUT2D eigenvalue weighted by atomic mass is 10.2. The normalized spacial score (nSPS) is 10.3. The van der Waals surface area contributed by atoms with E-state index in [1.807, 2.05) is 24.3 Å². The maximum atomic E-state index is 12.5. The van der Waals surface area contributed by atoms with E-state index >= 15 is 0 Å². The van der Waals surface area contributed by atoms with E-state index in [1.54, 1.807) is 25.3 Å². The number of amides is 1. The molecule has 0 saturated heterocycles. The summed E-state index contributed by atoms with van der Waals surface area (Å²) in [5, 5.41) is 6.01. The minimum Gasteiger partial charge on any atom is -0.494 e. The monoisotopic (exact) mass is 444 g/mol. The van der Waals surface area contributed by atoms with Gasteiger partial charge in [0.25, 0.3) is 5.91 Å². The van der Waals surface area contributed by atoms with Gasteiger partial charge in [0.05, 0.1) is 20.3 Å². The zero-order chi connectivity index (χ0) is 22.5. The van der Waals surface area contributed by atoms with Crippen molar-refractivity contribution in [2.45, 2.75) is 46.1 Å².